The minimum atomic E-state index is -0.885. The van der Waals surface area contributed by atoms with E-state index in [1.165, 1.54) is 23.2 Å². The number of benzene rings is 1. The van der Waals surface area contributed by atoms with Gasteiger partial charge in [-0.1, -0.05) is 43.7 Å². The average molecular weight is 341 g/mol. The summed E-state index contributed by atoms with van der Waals surface area (Å²) in [6, 6.07) is 7.54. The summed E-state index contributed by atoms with van der Waals surface area (Å²) in [6.45, 7) is 5.79. The summed E-state index contributed by atoms with van der Waals surface area (Å²) in [5.41, 5.74) is 3.28. The first-order valence-electron chi connectivity index (χ1n) is 7.76. The Bertz CT molecular complexity index is 872. The Morgan fingerprint density at radius 1 is 1.21 bits per heavy atom. The second-order valence-electron chi connectivity index (χ2n) is 6.12. The molecule has 0 aliphatic rings. The molecule has 0 bridgehead atoms. The van der Waals surface area contributed by atoms with Crippen molar-refractivity contribution in [3.05, 3.63) is 41.5 Å². The number of carboxylic acids is 1. The third-order valence-corrected chi connectivity index (χ3v) is 4.84. The SMILES string of the molecule is Cc1ccc(-c2csc3ncnc(NC(C(=O)O)C(C)C)c23)cc1. The fourth-order valence-electron chi connectivity index (χ4n) is 2.59. The normalized spacial score (nSPS) is 12.5. The van der Waals surface area contributed by atoms with Gasteiger partial charge in [0.2, 0.25) is 0 Å². The van der Waals surface area contributed by atoms with E-state index in [0.29, 0.717) is 5.82 Å². The molecular formula is C18H19N3O2S. The topological polar surface area (TPSA) is 75.1 Å². The number of fused-ring (bicyclic) bond motifs is 1. The number of hydrogen-bond donors (Lipinski definition) is 2. The van der Waals surface area contributed by atoms with Crippen LogP contribution in [0.4, 0.5) is 5.82 Å². The average Bonchev–Trinajstić information content (AvgIpc) is 2.97. The van der Waals surface area contributed by atoms with Crippen LogP contribution in [0.15, 0.2) is 36.0 Å². The van der Waals surface area contributed by atoms with Gasteiger partial charge in [0, 0.05) is 10.9 Å². The van der Waals surface area contributed by atoms with E-state index in [0.717, 1.165) is 21.3 Å². The Hall–Kier alpha value is -2.47. The number of hydrogen-bond acceptors (Lipinski definition) is 5. The number of aromatic nitrogens is 2. The second kappa shape index (κ2) is 6.57. The third-order valence-electron chi connectivity index (χ3n) is 3.96. The molecule has 2 aromatic heterocycles. The third kappa shape index (κ3) is 3.10. The number of nitrogens with zero attached hydrogens (tertiary/aromatic N) is 2. The van der Waals surface area contributed by atoms with Gasteiger partial charge in [0.25, 0.3) is 0 Å². The lowest BCUT2D eigenvalue weighted by Crippen LogP contribution is -2.34. The van der Waals surface area contributed by atoms with Crippen LogP contribution in [0.25, 0.3) is 21.3 Å². The van der Waals surface area contributed by atoms with Crippen LogP contribution in [0.2, 0.25) is 0 Å². The minimum Gasteiger partial charge on any atom is -0.480 e. The smallest absolute Gasteiger partial charge is 0.326 e. The summed E-state index contributed by atoms with van der Waals surface area (Å²) in [7, 11) is 0. The van der Waals surface area contributed by atoms with E-state index in [9.17, 15) is 9.90 Å². The zero-order valence-corrected chi connectivity index (χ0v) is 14.6. The van der Waals surface area contributed by atoms with E-state index in [4.69, 9.17) is 0 Å². The second-order valence-corrected chi connectivity index (χ2v) is 6.98. The molecule has 1 atom stereocenters. The van der Waals surface area contributed by atoms with Crippen LogP contribution >= 0.6 is 11.3 Å². The van der Waals surface area contributed by atoms with Gasteiger partial charge in [-0.25, -0.2) is 14.8 Å². The molecule has 2 heterocycles. The first kappa shape index (κ1) is 16.4. The molecule has 124 valence electrons. The Labute approximate surface area is 144 Å². The van der Waals surface area contributed by atoms with Crippen LogP contribution in [-0.2, 0) is 4.79 Å². The maximum Gasteiger partial charge on any atom is 0.326 e. The van der Waals surface area contributed by atoms with Gasteiger partial charge >= 0.3 is 5.97 Å². The highest BCUT2D eigenvalue weighted by Gasteiger charge is 2.23. The number of thiophene rings is 1. The molecule has 2 N–H and O–H groups in total. The molecule has 0 saturated heterocycles. The van der Waals surface area contributed by atoms with Crippen LogP contribution in [0.1, 0.15) is 19.4 Å². The predicted molar refractivity (Wildman–Crippen MR) is 97.5 cm³/mol. The summed E-state index contributed by atoms with van der Waals surface area (Å²) in [6.07, 6.45) is 1.47. The highest BCUT2D eigenvalue weighted by molar-refractivity contribution is 7.17. The zero-order chi connectivity index (χ0) is 17.3. The summed E-state index contributed by atoms with van der Waals surface area (Å²) in [4.78, 5) is 21.0. The predicted octanol–water partition coefficient (Wildman–Crippen LogP) is 4.19. The Morgan fingerprint density at radius 2 is 1.92 bits per heavy atom. The molecule has 24 heavy (non-hydrogen) atoms. The monoisotopic (exact) mass is 341 g/mol. The number of carboxylic acid groups (broad SMARTS) is 1. The highest BCUT2D eigenvalue weighted by atomic mass is 32.1. The quantitative estimate of drug-likeness (QED) is 0.728. The van der Waals surface area contributed by atoms with Crippen molar-refractivity contribution >= 4 is 33.3 Å². The Morgan fingerprint density at radius 3 is 2.54 bits per heavy atom. The van der Waals surface area contributed by atoms with E-state index in [1.807, 2.05) is 26.2 Å². The van der Waals surface area contributed by atoms with Gasteiger partial charge in [-0.2, -0.15) is 0 Å². The summed E-state index contributed by atoms with van der Waals surface area (Å²) in [5.74, 6) is -0.379. The van der Waals surface area contributed by atoms with Crippen molar-refractivity contribution in [1.29, 1.82) is 0 Å². The molecule has 0 aliphatic carbocycles. The molecule has 1 aromatic carbocycles. The first-order chi connectivity index (χ1) is 11.5. The molecule has 1 unspecified atom stereocenters. The number of nitrogens with one attached hydrogen (secondary N) is 1. The maximum absolute atomic E-state index is 11.5. The molecule has 0 spiro atoms. The lowest BCUT2D eigenvalue weighted by molar-refractivity contribution is -0.138. The molecule has 5 nitrogen and oxygen atoms in total. The minimum absolute atomic E-state index is 0.0611. The van der Waals surface area contributed by atoms with Crippen LogP contribution < -0.4 is 5.32 Å². The molecule has 0 saturated carbocycles. The molecule has 6 heteroatoms. The molecule has 3 rings (SSSR count). The molecule has 0 radical (unpaired) electrons. The fourth-order valence-corrected chi connectivity index (χ4v) is 3.51. The number of carbonyl (C=O) groups is 1. The lowest BCUT2D eigenvalue weighted by Gasteiger charge is -2.19. The van der Waals surface area contributed by atoms with Crippen molar-refractivity contribution in [1.82, 2.24) is 9.97 Å². The molecule has 3 aromatic rings. The van der Waals surface area contributed by atoms with Crippen LogP contribution in [0.3, 0.4) is 0 Å². The van der Waals surface area contributed by atoms with Gasteiger partial charge < -0.3 is 10.4 Å². The van der Waals surface area contributed by atoms with E-state index in [-0.39, 0.29) is 5.92 Å². The van der Waals surface area contributed by atoms with Crippen molar-refractivity contribution in [2.24, 2.45) is 5.92 Å². The zero-order valence-electron chi connectivity index (χ0n) is 13.8. The largest absolute Gasteiger partial charge is 0.480 e. The summed E-state index contributed by atoms with van der Waals surface area (Å²) < 4.78 is 0. The van der Waals surface area contributed by atoms with Gasteiger partial charge in [0.05, 0.1) is 5.39 Å². The van der Waals surface area contributed by atoms with E-state index >= 15 is 0 Å². The van der Waals surface area contributed by atoms with Gasteiger partial charge in [0.1, 0.15) is 23.0 Å². The van der Waals surface area contributed by atoms with Crippen LogP contribution in [0, 0.1) is 12.8 Å². The fraction of sp³-hybridized carbons (Fsp3) is 0.278. The maximum atomic E-state index is 11.5. The first-order valence-corrected chi connectivity index (χ1v) is 8.64. The van der Waals surface area contributed by atoms with E-state index < -0.39 is 12.0 Å². The van der Waals surface area contributed by atoms with E-state index in [1.54, 1.807) is 0 Å². The van der Waals surface area contributed by atoms with Crippen LogP contribution in [0.5, 0.6) is 0 Å². The molecule has 0 fully saturated rings. The molecule has 0 aliphatic heterocycles. The summed E-state index contributed by atoms with van der Waals surface area (Å²) >= 11 is 1.53. The van der Waals surface area contributed by atoms with Gasteiger partial charge in [-0.05, 0) is 18.4 Å². The van der Waals surface area contributed by atoms with Crippen molar-refractivity contribution in [3.8, 4) is 11.1 Å². The van der Waals surface area contributed by atoms with Crippen LogP contribution in [-0.4, -0.2) is 27.1 Å². The number of aliphatic carboxylic acids is 1. The van der Waals surface area contributed by atoms with Gasteiger partial charge in [-0.3, -0.25) is 0 Å². The van der Waals surface area contributed by atoms with Crippen molar-refractivity contribution in [3.63, 3.8) is 0 Å². The number of anilines is 1. The Balaban J connectivity index is 2.10. The van der Waals surface area contributed by atoms with Crippen molar-refractivity contribution in [2.45, 2.75) is 26.8 Å². The lowest BCUT2D eigenvalue weighted by atomic mass is 10.0. The van der Waals surface area contributed by atoms with Gasteiger partial charge in [0.15, 0.2) is 0 Å². The molecular weight excluding hydrogens is 322 g/mol. The van der Waals surface area contributed by atoms with E-state index in [2.05, 4.69) is 39.6 Å². The standard InChI is InChI=1S/C18H19N3O2S/c1-10(2)15(18(22)23)21-16-14-13(8-24-17(14)20-9-19-16)12-6-4-11(3)5-7-12/h4-10,15H,1-3H3,(H,22,23)(H,19,20,21). The number of rotatable bonds is 5. The summed E-state index contributed by atoms with van der Waals surface area (Å²) in [5, 5.41) is 15.4. The van der Waals surface area contributed by atoms with Gasteiger partial charge in [-0.15, -0.1) is 11.3 Å². The van der Waals surface area contributed by atoms with Crippen molar-refractivity contribution < 1.29 is 9.90 Å². The highest BCUT2D eigenvalue weighted by Crippen LogP contribution is 2.36. The van der Waals surface area contributed by atoms with Crippen molar-refractivity contribution in [2.75, 3.05) is 5.32 Å². The Kier molecular flexibility index (Phi) is 4.49. The molecule has 0 amide bonds. The number of aryl methyl sites for hydroxylation is 1.